The zero-order valence-corrected chi connectivity index (χ0v) is 17.4. The fourth-order valence-corrected chi connectivity index (χ4v) is 4.97. The molecule has 1 N–H and O–H groups in total. The number of hydrogen-bond donors (Lipinski definition) is 1. The molecular weight excluding hydrogens is 393 g/mol. The molecule has 29 heavy (non-hydrogen) atoms. The van der Waals surface area contributed by atoms with Gasteiger partial charge in [0.05, 0.1) is 42.9 Å². The molecule has 1 aliphatic carbocycles. The summed E-state index contributed by atoms with van der Waals surface area (Å²) in [6.07, 6.45) is 6.22. The maximum absolute atomic E-state index is 15.1. The zero-order valence-electron chi connectivity index (χ0n) is 16.7. The monoisotopic (exact) mass is 417 g/mol. The number of fused-ring (bicyclic) bond motifs is 1. The maximum Gasteiger partial charge on any atom is 0.135 e. The molecule has 0 unspecified atom stereocenters. The topological polar surface area (TPSA) is 55.2 Å². The average molecular weight is 418 g/mol. The fraction of sp³-hybridized carbons (Fsp3) is 0.524. The van der Waals surface area contributed by atoms with Crippen LogP contribution in [0.1, 0.15) is 29.4 Å². The first kappa shape index (κ1) is 19.0. The third-order valence-corrected chi connectivity index (χ3v) is 6.79. The summed E-state index contributed by atoms with van der Waals surface area (Å²) in [4.78, 5) is 6.82. The van der Waals surface area contributed by atoms with Crippen LogP contribution in [-0.4, -0.2) is 65.2 Å². The minimum Gasteiger partial charge on any atom is -0.387 e. The number of likely N-dealkylation sites (tertiary alicyclic amines) is 1. The smallest absolute Gasteiger partial charge is 0.135 e. The van der Waals surface area contributed by atoms with E-state index >= 15 is 4.39 Å². The summed E-state index contributed by atoms with van der Waals surface area (Å²) in [5.74, 6) is 0. The molecule has 8 heteroatoms. The van der Waals surface area contributed by atoms with Gasteiger partial charge in [-0.3, -0.25) is 14.6 Å². The first-order valence-corrected chi connectivity index (χ1v) is 10.5. The van der Waals surface area contributed by atoms with Crippen molar-refractivity contribution in [3.63, 3.8) is 0 Å². The number of pyridine rings is 1. The molecule has 2 saturated heterocycles. The Hall–Kier alpha value is -1.96. The van der Waals surface area contributed by atoms with Crippen LogP contribution in [0.4, 0.5) is 10.1 Å². The van der Waals surface area contributed by atoms with Crippen LogP contribution in [0, 0.1) is 6.92 Å². The van der Waals surface area contributed by atoms with E-state index < -0.39 is 6.17 Å². The van der Waals surface area contributed by atoms with E-state index in [-0.39, 0.29) is 6.04 Å². The van der Waals surface area contributed by atoms with Gasteiger partial charge < -0.3 is 10.1 Å². The predicted molar refractivity (Wildman–Crippen MR) is 112 cm³/mol. The molecule has 2 fully saturated rings. The van der Waals surface area contributed by atoms with E-state index in [1.54, 1.807) is 0 Å². The Morgan fingerprint density at radius 2 is 2.10 bits per heavy atom. The first-order valence-electron chi connectivity index (χ1n) is 10.1. The second-order valence-electron chi connectivity index (χ2n) is 8.02. The molecule has 0 saturated carbocycles. The van der Waals surface area contributed by atoms with Gasteiger partial charge in [-0.2, -0.15) is 5.10 Å². The highest BCUT2D eigenvalue weighted by Crippen LogP contribution is 2.42. The Kier molecular flexibility index (Phi) is 4.84. The van der Waals surface area contributed by atoms with E-state index in [9.17, 15) is 0 Å². The lowest BCUT2D eigenvalue weighted by Crippen LogP contribution is -2.55. The number of alkyl halides is 1. The third kappa shape index (κ3) is 3.07. The fourth-order valence-electron chi connectivity index (χ4n) is 4.69. The summed E-state index contributed by atoms with van der Waals surface area (Å²) in [6.45, 7) is 4.76. The van der Waals surface area contributed by atoms with Gasteiger partial charge in [0, 0.05) is 60.2 Å². The zero-order chi connectivity index (χ0) is 20.1. The van der Waals surface area contributed by atoms with Gasteiger partial charge in [0.2, 0.25) is 0 Å². The van der Waals surface area contributed by atoms with Gasteiger partial charge in [-0.15, -0.1) is 0 Å². The number of anilines is 1. The molecule has 2 aliphatic heterocycles. The minimum atomic E-state index is -0.949. The van der Waals surface area contributed by atoms with E-state index in [0.29, 0.717) is 12.6 Å². The average Bonchev–Trinajstić information content (AvgIpc) is 3.23. The van der Waals surface area contributed by atoms with Crippen LogP contribution in [0.3, 0.4) is 0 Å². The SMILES string of the molecule is CNc1c(-c2cnn([C@H]3CCN(C4COC4)C[C@@H]3F)c2C)cnc2c1C(Cl)=CC2. The number of rotatable bonds is 4. The second kappa shape index (κ2) is 7.38. The number of halogens is 2. The van der Waals surface area contributed by atoms with E-state index in [0.717, 1.165) is 71.4 Å². The number of piperidine rings is 1. The van der Waals surface area contributed by atoms with Gasteiger partial charge in [0.1, 0.15) is 6.17 Å². The first-order chi connectivity index (χ1) is 14.1. The van der Waals surface area contributed by atoms with Crippen molar-refractivity contribution >= 4 is 22.3 Å². The van der Waals surface area contributed by atoms with Crippen molar-refractivity contribution in [3.8, 4) is 11.1 Å². The minimum absolute atomic E-state index is 0.245. The Labute approximate surface area is 174 Å². The van der Waals surface area contributed by atoms with Crippen LogP contribution < -0.4 is 5.32 Å². The van der Waals surface area contributed by atoms with Crippen molar-refractivity contribution < 1.29 is 9.13 Å². The molecule has 4 heterocycles. The Morgan fingerprint density at radius 3 is 2.79 bits per heavy atom. The van der Waals surface area contributed by atoms with Gasteiger partial charge >= 0.3 is 0 Å². The summed E-state index contributed by atoms with van der Waals surface area (Å²) in [6, 6.07) is 0.127. The van der Waals surface area contributed by atoms with Crippen molar-refractivity contribution in [2.45, 2.75) is 38.0 Å². The van der Waals surface area contributed by atoms with Gasteiger partial charge in [0.15, 0.2) is 0 Å². The molecule has 2 atom stereocenters. The number of allylic oxidation sites excluding steroid dienone is 1. The van der Waals surface area contributed by atoms with Crippen LogP contribution in [0.5, 0.6) is 0 Å². The highest BCUT2D eigenvalue weighted by Gasteiger charge is 2.37. The van der Waals surface area contributed by atoms with Crippen LogP contribution in [0.15, 0.2) is 18.5 Å². The number of nitrogens with one attached hydrogen (secondary N) is 1. The molecule has 2 aromatic heterocycles. The summed E-state index contributed by atoms with van der Waals surface area (Å²) in [5.41, 5.74) is 5.75. The van der Waals surface area contributed by atoms with Crippen molar-refractivity contribution in [1.82, 2.24) is 19.7 Å². The Balaban J connectivity index is 1.45. The van der Waals surface area contributed by atoms with Crippen LogP contribution in [-0.2, 0) is 11.2 Å². The summed E-state index contributed by atoms with van der Waals surface area (Å²) in [7, 11) is 1.89. The normalized spacial score (nSPS) is 24.9. The number of aromatic nitrogens is 3. The highest BCUT2D eigenvalue weighted by molar-refractivity contribution is 6.50. The van der Waals surface area contributed by atoms with Crippen LogP contribution >= 0.6 is 11.6 Å². The van der Waals surface area contributed by atoms with Crippen molar-refractivity contribution in [2.24, 2.45) is 0 Å². The third-order valence-electron chi connectivity index (χ3n) is 6.45. The molecule has 5 rings (SSSR count). The summed E-state index contributed by atoms with van der Waals surface area (Å²) in [5, 5.41) is 8.60. The van der Waals surface area contributed by atoms with E-state index in [1.807, 2.05) is 37.1 Å². The number of hydrogen-bond acceptors (Lipinski definition) is 5. The lowest BCUT2D eigenvalue weighted by molar-refractivity contribution is -0.0848. The molecule has 3 aliphatic rings. The summed E-state index contributed by atoms with van der Waals surface area (Å²) < 4.78 is 22.2. The van der Waals surface area contributed by atoms with Crippen molar-refractivity contribution in [2.75, 3.05) is 38.7 Å². The van der Waals surface area contributed by atoms with Gasteiger partial charge in [-0.05, 0) is 13.3 Å². The highest BCUT2D eigenvalue weighted by atomic mass is 35.5. The molecule has 2 aromatic rings. The molecule has 154 valence electrons. The standard InChI is InChI=1S/C21H25ClFN5O/c1-12-14(15-7-25-18-4-3-16(22)20(18)21(15)24-2)8-26-28(12)19-5-6-27(9-17(19)23)13-10-29-11-13/h3,7-8,13,17,19H,4-6,9-11H2,1-2H3,(H,24,25)/t17-,19-/m0/s1. The van der Waals surface area contributed by atoms with Crippen molar-refractivity contribution in [3.05, 3.63) is 35.4 Å². The lowest BCUT2D eigenvalue weighted by Gasteiger charge is -2.42. The van der Waals surface area contributed by atoms with Gasteiger partial charge in [0.25, 0.3) is 0 Å². The molecule has 0 amide bonds. The Morgan fingerprint density at radius 1 is 1.28 bits per heavy atom. The maximum atomic E-state index is 15.1. The number of ether oxygens (including phenoxy) is 1. The quantitative estimate of drug-likeness (QED) is 0.826. The predicted octanol–water partition coefficient (Wildman–Crippen LogP) is 3.41. The Bertz CT molecular complexity index is 970. The molecule has 0 bridgehead atoms. The largest absolute Gasteiger partial charge is 0.387 e. The van der Waals surface area contributed by atoms with E-state index in [4.69, 9.17) is 16.3 Å². The lowest BCUT2D eigenvalue weighted by atomic mass is 9.99. The number of nitrogens with zero attached hydrogens (tertiary/aromatic N) is 4. The van der Waals surface area contributed by atoms with Crippen LogP contribution in [0.25, 0.3) is 16.2 Å². The molecule has 0 spiro atoms. The van der Waals surface area contributed by atoms with E-state index in [2.05, 4.69) is 20.3 Å². The molecule has 0 aromatic carbocycles. The molecule has 6 nitrogen and oxygen atoms in total. The summed E-state index contributed by atoms with van der Waals surface area (Å²) >= 11 is 6.42. The van der Waals surface area contributed by atoms with Gasteiger partial charge in [-0.1, -0.05) is 17.7 Å². The molecule has 0 radical (unpaired) electrons. The van der Waals surface area contributed by atoms with Crippen LogP contribution in [0.2, 0.25) is 0 Å². The van der Waals surface area contributed by atoms with Gasteiger partial charge in [-0.25, -0.2) is 4.39 Å². The second-order valence-corrected chi connectivity index (χ2v) is 8.43. The van der Waals surface area contributed by atoms with E-state index in [1.165, 1.54) is 0 Å². The van der Waals surface area contributed by atoms with Crippen molar-refractivity contribution in [1.29, 1.82) is 0 Å². The molecular formula is C21H25ClFN5O.